The lowest BCUT2D eigenvalue weighted by molar-refractivity contribution is -0.144. The molecule has 0 fully saturated rings. The molecule has 1 aromatic rings. The second kappa shape index (κ2) is 4.46. The number of benzene rings is 1. The van der Waals surface area contributed by atoms with Gasteiger partial charge in [0.05, 0.1) is 4.47 Å². The van der Waals surface area contributed by atoms with E-state index in [1.807, 2.05) is 25.1 Å². The summed E-state index contributed by atoms with van der Waals surface area (Å²) >= 11 is 3.31. The first-order chi connectivity index (χ1) is 6.52. The van der Waals surface area contributed by atoms with Crippen LogP contribution in [0.5, 0.6) is 5.75 Å². The summed E-state index contributed by atoms with van der Waals surface area (Å²) in [4.78, 5) is 10.6. The van der Waals surface area contributed by atoms with E-state index in [0.29, 0.717) is 5.75 Å². The molecule has 0 aliphatic rings. The average Bonchev–Trinajstić information content (AvgIpc) is 2.11. The van der Waals surface area contributed by atoms with Crippen LogP contribution in [0.25, 0.3) is 0 Å². The minimum absolute atomic E-state index is 0.586. The quantitative estimate of drug-likeness (QED) is 0.907. The molecule has 1 unspecified atom stereocenters. The number of carboxylic acids is 1. The topological polar surface area (TPSA) is 46.5 Å². The predicted molar refractivity (Wildman–Crippen MR) is 56.6 cm³/mol. The molecule has 0 radical (unpaired) electrons. The predicted octanol–water partition coefficient (Wildman–Crippen LogP) is 2.61. The summed E-state index contributed by atoms with van der Waals surface area (Å²) in [5.74, 6) is -0.387. The fourth-order valence-electron chi connectivity index (χ4n) is 0.993. The van der Waals surface area contributed by atoms with Crippen molar-refractivity contribution in [1.82, 2.24) is 0 Å². The van der Waals surface area contributed by atoms with Gasteiger partial charge in [-0.05, 0) is 41.4 Å². The van der Waals surface area contributed by atoms with Crippen LogP contribution in [0.3, 0.4) is 0 Å². The van der Waals surface area contributed by atoms with Crippen LogP contribution in [0.1, 0.15) is 12.5 Å². The van der Waals surface area contributed by atoms with E-state index in [9.17, 15) is 4.79 Å². The number of carboxylic acid groups (broad SMARTS) is 1. The molecule has 0 saturated heterocycles. The third kappa shape index (κ3) is 2.48. The minimum atomic E-state index is -0.972. The summed E-state index contributed by atoms with van der Waals surface area (Å²) in [7, 11) is 0. The summed E-state index contributed by atoms with van der Waals surface area (Å²) in [6, 6.07) is 5.56. The molecule has 14 heavy (non-hydrogen) atoms. The standard InChI is InChI=1S/C10H11BrO3/c1-6-4-3-5-8(11)9(6)14-7(2)10(12)13/h3-5,7H,1-2H3,(H,12,13). The molecule has 1 N–H and O–H groups in total. The number of rotatable bonds is 3. The van der Waals surface area contributed by atoms with Crippen molar-refractivity contribution < 1.29 is 14.6 Å². The van der Waals surface area contributed by atoms with E-state index in [0.717, 1.165) is 10.0 Å². The van der Waals surface area contributed by atoms with Crippen molar-refractivity contribution >= 4 is 21.9 Å². The van der Waals surface area contributed by atoms with Crippen LogP contribution in [-0.2, 0) is 4.79 Å². The highest BCUT2D eigenvalue weighted by molar-refractivity contribution is 9.10. The average molecular weight is 259 g/mol. The number of para-hydroxylation sites is 1. The summed E-state index contributed by atoms with van der Waals surface area (Å²) in [5.41, 5.74) is 0.910. The van der Waals surface area contributed by atoms with Crippen LogP contribution in [0.15, 0.2) is 22.7 Å². The van der Waals surface area contributed by atoms with Gasteiger partial charge in [0.2, 0.25) is 0 Å². The SMILES string of the molecule is Cc1cccc(Br)c1OC(C)C(=O)O. The van der Waals surface area contributed by atoms with Crippen LogP contribution in [0.2, 0.25) is 0 Å². The second-order valence-corrected chi connectivity index (χ2v) is 3.84. The van der Waals surface area contributed by atoms with Crippen LogP contribution >= 0.6 is 15.9 Å². The highest BCUT2D eigenvalue weighted by Crippen LogP contribution is 2.29. The Morgan fingerprint density at radius 1 is 1.57 bits per heavy atom. The van der Waals surface area contributed by atoms with E-state index in [4.69, 9.17) is 9.84 Å². The van der Waals surface area contributed by atoms with Crippen molar-refractivity contribution in [2.75, 3.05) is 0 Å². The van der Waals surface area contributed by atoms with E-state index in [2.05, 4.69) is 15.9 Å². The Balaban J connectivity index is 2.91. The van der Waals surface area contributed by atoms with Gasteiger partial charge < -0.3 is 9.84 Å². The Morgan fingerprint density at radius 3 is 2.71 bits per heavy atom. The zero-order valence-electron chi connectivity index (χ0n) is 7.95. The Labute approximate surface area is 90.8 Å². The van der Waals surface area contributed by atoms with Gasteiger partial charge in [0.1, 0.15) is 5.75 Å². The maximum atomic E-state index is 10.6. The summed E-state index contributed by atoms with van der Waals surface area (Å²) in [5, 5.41) is 8.68. The maximum absolute atomic E-state index is 10.6. The molecule has 0 aromatic heterocycles. The normalized spacial score (nSPS) is 12.2. The molecular formula is C10H11BrO3. The summed E-state index contributed by atoms with van der Waals surface area (Å²) < 4.78 is 6.06. The highest BCUT2D eigenvalue weighted by Gasteiger charge is 2.15. The molecular weight excluding hydrogens is 248 g/mol. The van der Waals surface area contributed by atoms with Crippen LogP contribution in [0, 0.1) is 6.92 Å². The first-order valence-corrected chi connectivity index (χ1v) is 4.96. The van der Waals surface area contributed by atoms with Gasteiger partial charge in [-0.1, -0.05) is 12.1 Å². The number of carbonyl (C=O) groups is 1. The van der Waals surface area contributed by atoms with E-state index in [-0.39, 0.29) is 0 Å². The van der Waals surface area contributed by atoms with Crippen molar-refractivity contribution in [1.29, 1.82) is 0 Å². The van der Waals surface area contributed by atoms with Crippen molar-refractivity contribution in [3.8, 4) is 5.75 Å². The highest BCUT2D eigenvalue weighted by atomic mass is 79.9. The molecule has 1 aromatic carbocycles. The lowest BCUT2D eigenvalue weighted by atomic mass is 10.2. The monoisotopic (exact) mass is 258 g/mol. The van der Waals surface area contributed by atoms with Gasteiger partial charge in [-0.3, -0.25) is 0 Å². The lowest BCUT2D eigenvalue weighted by Crippen LogP contribution is -2.23. The molecule has 0 heterocycles. The molecule has 0 aliphatic carbocycles. The van der Waals surface area contributed by atoms with Crippen molar-refractivity contribution in [2.24, 2.45) is 0 Å². The Morgan fingerprint density at radius 2 is 2.21 bits per heavy atom. The molecule has 4 heteroatoms. The first kappa shape index (κ1) is 11.0. The van der Waals surface area contributed by atoms with E-state index in [1.54, 1.807) is 0 Å². The number of hydrogen-bond donors (Lipinski definition) is 1. The fourth-order valence-corrected chi connectivity index (χ4v) is 1.55. The van der Waals surface area contributed by atoms with Gasteiger partial charge in [0.15, 0.2) is 6.10 Å². The van der Waals surface area contributed by atoms with Gasteiger partial charge in [-0.15, -0.1) is 0 Å². The fraction of sp³-hybridized carbons (Fsp3) is 0.300. The molecule has 1 rings (SSSR count). The Hall–Kier alpha value is -1.03. The van der Waals surface area contributed by atoms with Gasteiger partial charge in [-0.2, -0.15) is 0 Å². The molecule has 0 amide bonds. The van der Waals surface area contributed by atoms with E-state index >= 15 is 0 Å². The van der Waals surface area contributed by atoms with Gasteiger partial charge >= 0.3 is 5.97 Å². The Kier molecular flexibility index (Phi) is 3.52. The number of aliphatic carboxylic acids is 1. The Bertz CT molecular complexity index is 329. The molecule has 3 nitrogen and oxygen atoms in total. The second-order valence-electron chi connectivity index (χ2n) is 2.98. The third-order valence-corrected chi connectivity index (χ3v) is 2.43. The zero-order valence-corrected chi connectivity index (χ0v) is 9.54. The summed E-state index contributed by atoms with van der Waals surface area (Å²) in [6.45, 7) is 3.37. The first-order valence-electron chi connectivity index (χ1n) is 4.17. The molecule has 76 valence electrons. The number of ether oxygens (including phenoxy) is 1. The third-order valence-electron chi connectivity index (χ3n) is 1.81. The minimum Gasteiger partial charge on any atom is -0.479 e. The van der Waals surface area contributed by atoms with Gasteiger partial charge in [-0.25, -0.2) is 4.79 Å². The smallest absolute Gasteiger partial charge is 0.344 e. The van der Waals surface area contributed by atoms with Crippen molar-refractivity contribution in [3.63, 3.8) is 0 Å². The van der Waals surface area contributed by atoms with E-state index in [1.165, 1.54) is 6.92 Å². The molecule has 0 saturated carbocycles. The maximum Gasteiger partial charge on any atom is 0.344 e. The van der Waals surface area contributed by atoms with Crippen LogP contribution in [-0.4, -0.2) is 17.2 Å². The molecule has 0 spiro atoms. The largest absolute Gasteiger partial charge is 0.479 e. The van der Waals surface area contributed by atoms with Crippen molar-refractivity contribution in [2.45, 2.75) is 20.0 Å². The number of aryl methyl sites for hydroxylation is 1. The van der Waals surface area contributed by atoms with E-state index < -0.39 is 12.1 Å². The lowest BCUT2D eigenvalue weighted by Gasteiger charge is -2.13. The van der Waals surface area contributed by atoms with Gasteiger partial charge in [0.25, 0.3) is 0 Å². The van der Waals surface area contributed by atoms with Crippen LogP contribution < -0.4 is 4.74 Å². The molecule has 0 aliphatic heterocycles. The van der Waals surface area contributed by atoms with Crippen molar-refractivity contribution in [3.05, 3.63) is 28.2 Å². The molecule has 1 atom stereocenters. The summed E-state index contributed by atoms with van der Waals surface area (Å²) in [6.07, 6.45) is -0.840. The molecule has 0 bridgehead atoms. The number of halogens is 1. The van der Waals surface area contributed by atoms with Gasteiger partial charge in [0, 0.05) is 0 Å². The number of hydrogen-bond acceptors (Lipinski definition) is 2. The zero-order chi connectivity index (χ0) is 10.7. The van der Waals surface area contributed by atoms with Crippen LogP contribution in [0.4, 0.5) is 0 Å².